The summed E-state index contributed by atoms with van der Waals surface area (Å²) in [5.74, 6) is -6.79. The van der Waals surface area contributed by atoms with E-state index >= 15 is 0 Å². The van der Waals surface area contributed by atoms with Crippen LogP contribution in [0.15, 0.2) is 36.4 Å². The van der Waals surface area contributed by atoms with E-state index in [0.717, 1.165) is 12.1 Å². The average Bonchev–Trinajstić information content (AvgIpc) is 2.56. The molecule has 0 heterocycles. The molecule has 0 saturated carbocycles. The fourth-order valence-corrected chi connectivity index (χ4v) is 1.88. The molecule has 0 aliphatic heterocycles. The summed E-state index contributed by atoms with van der Waals surface area (Å²) in [6.45, 7) is -0.106. The Bertz CT molecular complexity index is 781. The Morgan fingerprint density at radius 2 is 1.50 bits per heavy atom. The van der Waals surface area contributed by atoms with Gasteiger partial charge in [0.25, 0.3) is 11.8 Å². The van der Waals surface area contributed by atoms with Gasteiger partial charge in [-0.1, -0.05) is 6.07 Å². The minimum absolute atomic E-state index is 0.0214. The Morgan fingerprint density at radius 3 is 2.17 bits per heavy atom. The molecule has 8 heteroatoms. The van der Waals surface area contributed by atoms with Gasteiger partial charge in [-0.15, -0.1) is 0 Å². The number of hydrogen-bond acceptors (Lipinski definition) is 2. The summed E-state index contributed by atoms with van der Waals surface area (Å²) in [7, 11) is 0. The predicted octanol–water partition coefficient (Wildman–Crippen LogP) is 2.40. The van der Waals surface area contributed by atoms with Crippen LogP contribution in [0.25, 0.3) is 0 Å². The lowest BCUT2D eigenvalue weighted by molar-refractivity contribution is 0.0924. The van der Waals surface area contributed by atoms with Crippen LogP contribution < -0.4 is 10.6 Å². The minimum Gasteiger partial charge on any atom is -0.350 e. The molecule has 0 aromatic heterocycles. The monoisotopic (exact) mass is 340 g/mol. The van der Waals surface area contributed by atoms with Gasteiger partial charge in [-0.25, -0.2) is 17.6 Å². The van der Waals surface area contributed by atoms with Gasteiger partial charge in [-0.3, -0.25) is 9.59 Å². The van der Waals surface area contributed by atoms with Crippen LogP contribution in [-0.4, -0.2) is 24.9 Å². The second-order valence-electron chi connectivity index (χ2n) is 4.75. The topological polar surface area (TPSA) is 58.2 Å². The Hall–Kier alpha value is -2.90. The third-order valence-electron chi connectivity index (χ3n) is 3.06. The lowest BCUT2D eigenvalue weighted by Crippen LogP contribution is -2.35. The summed E-state index contributed by atoms with van der Waals surface area (Å²) in [5.41, 5.74) is -0.543. The van der Waals surface area contributed by atoms with E-state index in [0.29, 0.717) is 6.07 Å². The average molecular weight is 340 g/mol. The first-order valence-electron chi connectivity index (χ1n) is 6.85. The van der Waals surface area contributed by atoms with E-state index in [2.05, 4.69) is 10.6 Å². The highest BCUT2D eigenvalue weighted by atomic mass is 19.2. The molecule has 0 bridgehead atoms. The van der Waals surface area contributed by atoms with Gasteiger partial charge in [0, 0.05) is 18.7 Å². The lowest BCUT2D eigenvalue weighted by Gasteiger charge is -2.08. The molecule has 2 amide bonds. The van der Waals surface area contributed by atoms with E-state index in [1.165, 1.54) is 18.2 Å². The van der Waals surface area contributed by atoms with E-state index in [-0.39, 0.29) is 18.7 Å². The Balaban J connectivity index is 1.85. The highest BCUT2D eigenvalue weighted by molar-refractivity contribution is 5.95. The number of halogens is 4. The number of carbonyl (C=O) groups excluding carboxylic acids is 2. The molecule has 0 saturated heterocycles. The number of hydrogen-bond donors (Lipinski definition) is 2. The molecular formula is C16H12F4N2O2. The van der Waals surface area contributed by atoms with Gasteiger partial charge in [0.05, 0.1) is 5.56 Å². The molecule has 2 aromatic carbocycles. The van der Waals surface area contributed by atoms with Crippen molar-refractivity contribution in [1.82, 2.24) is 10.6 Å². The van der Waals surface area contributed by atoms with Gasteiger partial charge in [-0.2, -0.15) is 0 Å². The number of benzene rings is 2. The maximum Gasteiger partial charge on any atom is 0.254 e. The van der Waals surface area contributed by atoms with Crippen molar-refractivity contribution in [3.05, 3.63) is 70.8 Å². The third-order valence-corrected chi connectivity index (χ3v) is 3.06. The molecular weight excluding hydrogens is 328 g/mol. The molecule has 24 heavy (non-hydrogen) atoms. The van der Waals surface area contributed by atoms with Crippen molar-refractivity contribution >= 4 is 11.8 Å². The highest BCUT2D eigenvalue weighted by Crippen LogP contribution is 2.14. The van der Waals surface area contributed by atoms with Crippen molar-refractivity contribution in [3.63, 3.8) is 0 Å². The first kappa shape index (κ1) is 17.5. The van der Waals surface area contributed by atoms with E-state index in [4.69, 9.17) is 0 Å². The summed E-state index contributed by atoms with van der Waals surface area (Å²) in [4.78, 5) is 23.4. The first-order chi connectivity index (χ1) is 11.4. The normalized spacial score (nSPS) is 10.3. The molecule has 0 spiro atoms. The maximum absolute atomic E-state index is 13.4. The van der Waals surface area contributed by atoms with Crippen molar-refractivity contribution in [3.8, 4) is 0 Å². The van der Waals surface area contributed by atoms with Gasteiger partial charge in [0.15, 0.2) is 17.5 Å². The van der Waals surface area contributed by atoms with Crippen LogP contribution in [0.3, 0.4) is 0 Å². The smallest absolute Gasteiger partial charge is 0.254 e. The molecule has 126 valence electrons. The van der Waals surface area contributed by atoms with Gasteiger partial charge in [0.1, 0.15) is 5.82 Å². The van der Waals surface area contributed by atoms with Crippen molar-refractivity contribution in [1.29, 1.82) is 0 Å². The van der Waals surface area contributed by atoms with Crippen LogP contribution in [0.5, 0.6) is 0 Å². The number of carbonyl (C=O) groups is 2. The number of rotatable bonds is 5. The van der Waals surface area contributed by atoms with Crippen LogP contribution in [-0.2, 0) is 0 Å². The predicted molar refractivity (Wildman–Crippen MR) is 77.4 cm³/mol. The largest absolute Gasteiger partial charge is 0.350 e. The van der Waals surface area contributed by atoms with Gasteiger partial charge in [0.2, 0.25) is 0 Å². The van der Waals surface area contributed by atoms with Crippen molar-refractivity contribution in [2.24, 2.45) is 0 Å². The summed E-state index contributed by atoms with van der Waals surface area (Å²) in [5, 5.41) is 4.67. The Labute approximate surface area is 134 Å². The molecule has 0 atom stereocenters. The van der Waals surface area contributed by atoms with Crippen LogP contribution in [0.1, 0.15) is 20.7 Å². The van der Waals surface area contributed by atoms with Crippen LogP contribution in [0.4, 0.5) is 17.6 Å². The van der Waals surface area contributed by atoms with E-state index in [1.54, 1.807) is 0 Å². The summed E-state index contributed by atoms with van der Waals surface area (Å²) < 4.78 is 52.2. The van der Waals surface area contributed by atoms with Gasteiger partial charge >= 0.3 is 0 Å². The maximum atomic E-state index is 13.4. The second-order valence-corrected chi connectivity index (χ2v) is 4.75. The van der Waals surface area contributed by atoms with Crippen molar-refractivity contribution < 1.29 is 27.2 Å². The fraction of sp³-hybridized carbons (Fsp3) is 0.125. The molecule has 0 aliphatic rings. The fourth-order valence-electron chi connectivity index (χ4n) is 1.88. The lowest BCUT2D eigenvalue weighted by atomic mass is 10.2. The standard InChI is InChI=1S/C16H12F4N2O2/c17-10-3-1-2-9(8-10)15(23)21-6-7-22-16(24)11-4-5-12(18)14(20)13(11)19/h1-5,8H,6-7H2,(H,21,23)(H,22,24). The van der Waals surface area contributed by atoms with Crippen molar-refractivity contribution in [2.75, 3.05) is 13.1 Å². The second kappa shape index (κ2) is 7.58. The Kier molecular flexibility index (Phi) is 5.51. The number of nitrogens with one attached hydrogen (secondary N) is 2. The van der Waals surface area contributed by atoms with Crippen LogP contribution in [0.2, 0.25) is 0 Å². The summed E-state index contributed by atoms with van der Waals surface area (Å²) in [6.07, 6.45) is 0. The zero-order chi connectivity index (χ0) is 17.7. The molecule has 0 unspecified atom stereocenters. The third kappa shape index (κ3) is 4.09. The Morgan fingerprint density at radius 1 is 0.833 bits per heavy atom. The highest BCUT2D eigenvalue weighted by Gasteiger charge is 2.18. The molecule has 0 fully saturated rings. The number of amides is 2. The minimum atomic E-state index is -1.73. The molecule has 2 N–H and O–H groups in total. The molecule has 2 aromatic rings. The van der Waals surface area contributed by atoms with E-state index in [1.807, 2.05) is 0 Å². The van der Waals surface area contributed by atoms with Gasteiger partial charge in [-0.05, 0) is 30.3 Å². The summed E-state index contributed by atoms with van der Waals surface area (Å²) >= 11 is 0. The molecule has 0 radical (unpaired) electrons. The zero-order valence-electron chi connectivity index (χ0n) is 12.2. The van der Waals surface area contributed by atoms with Crippen molar-refractivity contribution in [2.45, 2.75) is 0 Å². The molecule has 0 aliphatic carbocycles. The van der Waals surface area contributed by atoms with E-state index < -0.39 is 40.6 Å². The molecule has 2 rings (SSSR count). The van der Waals surface area contributed by atoms with Crippen LogP contribution >= 0.6 is 0 Å². The molecule has 4 nitrogen and oxygen atoms in total. The SMILES string of the molecule is O=C(NCCNC(=O)c1ccc(F)c(F)c1F)c1cccc(F)c1. The van der Waals surface area contributed by atoms with Crippen LogP contribution in [0, 0.1) is 23.3 Å². The zero-order valence-corrected chi connectivity index (χ0v) is 12.2. The van der Waals surface area contributed by atoms with Gasteiger partial charge < -0.3 is 10.6 Å². The summed E-state index contributed by atoms with van der Waals surface area (Å²) in [6, 6.07) is 6.47. The quantitative estimate of drug-likeness (QED) is 0.499. The van der Waals surface area contributed by atoms with E-state index in [9.17, 15) is 27.2 Å². The first-order valence-corrected chi connectivity index (χ1v) is 6.85.